The first kappa shape index (κ1) is 16.8. The lowest BCUT2D eigenvalue weighted by molar-refractivity contribution is -0.174. The normalized spacial score (nSPS) is 12.2. The van der Waals surface area contributed by atoms with E-state index in [9.17, 15) is 13.2 Å². The van der Waals surface area contributed by atoms with Gasteiger partial charge >= 0.3 is 6.18 Å². The summed E-state index contributed by atoms with van der Waals surface area (Å²) in [5, 5.41) is 0. The van der Waals surface area contributed by atoms with Crippen LogP contribution in [0.4, 0.5) is 13.2 Å². The molecular weight excluding hydrogens is 420 g/mol. The van der Waals surface area contributed by atoms with Crippen molar-refractivity contribution in [3.8, 4) is 0 Å². The van der Waals surface area contributed by atoms with E-state index in [-0.39, 0.29) is 6.61 Å². The Balaban J connectivity index is 2.14. The van der Waals surface area contributed by atoms with Gasteiger partial charge in [-0.05, 0) is 40.8 Å². The predicted molar refractivity (Wildman–Crippen MR) is 83.7 cm³/mol. The third kappa shape index (κ3) is 4.72. The summed E-state index contributed by atoms with van der Waals surface area (Å²) in [7, 11) is 0. The second-order valence-electron chi connectivity index (χ2n) is 4.42. The summed E-state index contributed by atoms with van der Waals surface area (Å²) in [6.45, 7) is -0.937. The van der Waals surface area contributed by atoms with Crippen LogP contribution in [0, 0.1) is 3.57 Å². The standard InChI is InChI=1S/C13H13ClF3IN2O/c14-4-3-12-19-10-7-9(18)1-2-11(10)20(12)5-6-21-8-13(15,16)17/h1-2,7H,3-6,8H2. The smallest absolute Gasteiger partial charge is 0.370 e. The van der Waals surface area contributed by atoms with E-state index in [0.29, 0.717) is 18.8 Å². The van der Waals surface area contributed by atoms with E-state index in [1.54, 1.807) is 0 Å². The Morgan fingerprint density at radius 1 is 1.33 bits per heavy atom. The van der Waals surface area contributed by atoms with Gasteiger partial charge in [0.05, 0.1) is 17.6 Å². The van der Waals surface area contributed by atoms with Gasteiger partial charge in [0.1, 0.15) is 12.4 Å². The van der Waals surface area contributed by atoms with Crippen molar-refractivity contribution in [1.29, 1.82) is 0 Å². The Bertz CT molecular complexity index is 615. The van der Waals surface area contributed by atoms with Crippen molar-refractivity contribution in [2.75, 3.05) is 19.1 Å². The van der Waals surface area contributed by atoms with E-state index >= 15 is 0 Å². The molecule has 0 atom stereocenters. The third-order valence-corrected chi connectivity index (χ3v) is 3.69. The molecule has 0 amide bonds. The summed E-state index contributed by atoms with van der Waals surface area (Å²) in [6, 6.07) is 5.77. The summed E-state index contributed by atoms with van der Waals surface area (Å²) in [4.78, 5) is 4.49. The van der Waals surface area contributed by atoms with E-state index in [2.05, 4.69) is 32.3 Å². The molecule has 0 aliphatic heterocycles. The van der Waals surface area contributed by atoms with Gasteiger partial charge in [-0.1, -0.05) is 0 Å². The van der Waals surface area contributed by atoms with Gasteiger partial charge < -0.3 is 9.30 Å². The number of alkyl halides is 4. The molecule has 8 heteroatoms. The molecule has 1 aromatic carbocycles. The number of fused-ring (bicyclic) bond motifs is 1. The van der Waals surface area contributed by atoms with Crippen LogP contribution >= 0.6 is 34.2 Å². The topological polar surface area (TPSA) is 27.1 Å². The van der Waals surface area contributed by atoms with Crippen molar-refractivity contribution in [1.82, 2.24) is 9.55 Å². The number of aryl methyl sites for hydroxylation is 1. The molecular formula is C13H13ClF3IN2O. The molecule has 0 aliphatic rings. The summed E-state index contributed by atoms with van der Waals surface area (Å²) in [5.41, 5.74) is 1.70. The van der Waals surface area contributed by atoms with Crippen molar-refractivity contribution in [3.05, 3.63) is 27.6 Å². The van der Waals surface area contributed by atoms with Gasteiger partial charge in [-0.15, -0.1) is 11.6 Å². The van der Waals surface area contributed by atoms with E-state index in [1.165, 1.54) is 0 Å². The zero-order valence-corrected chi connectivity index (χ0v) is 13.9. The molecule has 0 fully saturated rings. The minimum Gasteiger partial charge on any atom is -0.370 e. The van der Waals surface area contributed by atoms with Crippen LogP contribution in [0.15, 0.2) is 18.2 Å². The molecule has 0 radical (unpaired) electrons. The number of imidazole rings is 1. The molecule has 116 valence electrons. The molecule has 0 spiro atoms. The minimum absolute atomic E-state index is 0.0216. The Morgan fingerprint density at radius 2 is 2.10 bits per heavy atom. The van der Waals surface area contributed by atoms with Gasteiger partial charge in [0.15, 0.2) is 0 Å². The van der Waals surface area contributed by atoms with Crippen LogP contribution < -0.4 is 0 Å². The van der Waals surface area contributed by atoms with Crippen molar-refractivity contribution >= 4 is 45.2 Å². The highest BCUT2D eigenvalue weighted by atomic mass is 127. The van der Waals surface area contributed by atoms with E-state index in [4.69, 9.17) is 11.6 Å². The molecule has 21 heavy (non-hydrogen) atoms. The summed E-state index contributed by atoms with van der Waals surface area (Å²) in [6.07, 6.45) is -3.74. The maximum absolute atomic E-state index is 12.1. The van der Waals surface area contributed by atoms with Gasteiger partial charge in [0.2, 0.25) is 0 Å². The van der Waals surface area contributed by atoms with Crippen LogP contribution in [-0.2, 0) is 17.7 Å². The second-order valence-corrected chi connectivity index (χ2v) is 6.04. The van der Waals surface area contributed by atoms with E-state index in [1.807, 2.05) is 22.8 Å². The quantitative estimate of drug-likeness (QED) is 0.392. The van der Waals surface area contributed by atoms with Crippen LogP contribution in [0.1, 0.15) is 5.82 Å². The highest BCUT2D eigenvalue weighted by molar-refractivity contribution is 14.1. The Morgan fingerprint density at radius 3 is 2.76 bits per heavy atom. The van der Waals surface area contributed by atoms with Crippen LogP contribution in [0.2, 0.25) is 0 Å². The number of hydrogen-bond acceptors (Lipinski definition) is 2. The van der Waals surface area contributed by atoms with Crippen LogP contribution in [0.5, 0.6) is 0 Å². The third-order valence-electron chi connectivity index (χ3n) is 2.83. The van der Waals surface area contributed by atoms with Crippen molar-refractivity contribution < 1.29 is 17.9 Å². The van der Waals surface area contributed by atoms with Crippen LogP contribution in [0.3, 0.4) is 0 Å². The Kier molecular flexibility index (Phi) is 5.73. The average Bonchev–Trinajstić information content (AvgIpc) is 2.71. The zero-order valence-electron chi connectivity index (χ0n) is 11.0. The Hall–Kier alpha value is -0.540. The lowest BCUT2D eigenvalue weighted by Gasteiger charge is -2.10. The van der Waals surface area contributed by atoms with Gasteiger partial charge in [0.25, 0.3) is 0 Å². The minimum atomic E-state index is -4.30. The summed E-state index contributed by atoms with van der Waals surface area (Å²) < 4.78 is 43.8. The predicted octanol–water partition coefficient (Wildman–Crippen LogP) is 4.00. The van der Waals surface area contributed by atoms with Crippen LogP contribution in [0.25, 0.3) is 11.0 Å². The van der Waals surface area contributed by atoms with Crippen molar-refractivity contribution in [2.45, 2.75) is 19.1 Å². The number of nitrogens with zero attached hydrogens (tertiary/aromatic N) is 2. The molecule has 0 unspecified atom stereocenters. The molecule has 1 heterocycles. The molecule has 3 nitrogen and oxygen atoms in total. The maximum Gasteiger partial charge on any atom is 0.411 e. The summed E-state index contributed by atoms with van der Waals surface area (Å²) >= 11 is 7.94. The number of ether oxygens (including phenoxy) is 1. The molecule has 0 N–H and O–H groups in total. The lowest BCUT2D eigenvalue weighted by Crippen LogP contribution is -2.19. The Labute approximate surface area is 138 Å². The van der Waals surface area contributed by atoms with E-state index < -0.39 is 12.8 Å². The first-order valence-corrected chi connectivity index (χ1v) is 7.87. The summed E-state index contributed by atoms with van der Waals surface area (Å²) in [5.74, 6) is 1.17. The maximum atomic E-state index is 12.1. The van der Waals surface area contributed by atoms with Gasteiger partial charge in [0, 0.05) is 22.4 Å². The first-order chi connectivity index (χ1) is 9.90. The fourth-order valence-corrected chi connectivity index (χ4v) is 2.67. The molecule has 0 bridgehead atoms. The molecule has 2 rings (SSSR count). The lowest BCUT2D eigenvalue weighted by atomic mass is 10.3. The molecule has 1 aromatic heterocycles. The first-order valence-electron chi connectivity index (χ1n) is 6.26. The fourth-order valence-electron chi connectivity index (χ4n) is 2.02. The number of halogens is 5. The average molecular weight is 433 g/mol. The molecule has 0 saturated heterocycles. The van der Waals surface area contributed by atoms with Gasteiger partial charge in [-0.3, -0.25) is 0 Å². The number of aromatic nitrogens is 2. The molecule has 0 aliphatic carbocycles. The van der Waals surface area contributed by atoms with Crippen molar-refractivity contribution in [3.63, 3.8) is 0 Å². The largest absolute Gasteiger partial charge is 0.411 e. The SMILES string of the molecule is FC(F)(F)COCCn1c(CCCl)nc2cc(I)ccc21. The van der Waals surface area contributed by atoms with Crippen molar-refractivity contribution in [2.24, 2.45) is 0 Å². The zero-order chi connectivity index (χ0) is 15.5. The van der Waals surface area contributed by atoms with E-state index in [0.717, 1.165) is 20.4 Å². The molecule has 0 saturated carbocycles. The monoisotopic (exact) mass is 432 g/mol. The molecule has 2 aromatic rings. The number of hydrogen-bond donors (Lipinski definition) is 0. The number of rotatable bonds is 6. The number of benzene rings is 1. The highest BCUT2D eigenvalue weighted by Crippen LogP contribution is 2.20. The van der Waals surface area contributed by atoms with Crippen LogP contribution in [-0.4, -0.2) is 34.8 Å². The second kappa shape index (κ2) is 7.15. The van der Waals surface area contributed by atoms with Gasteiger partial charge in [-0.2, -0.15) is 13.2 Å². The fraction of sp³-hybridized carbons (Fsp3) is 0.462. The van der Waals surface area contributed by atoms with Gasteiger partial charge in [-0.25, -0.2) is 4.98 Å². The highest BCUT2D eigenvalue weighted by Gasteiger charge is 2.27.